The van der Waals surface area contributed by atoms with Gasteiger partial charge in [-0.1, -0.05) is 45.6 Å². The number of nitrogens with one attached hydrogen (secondary N) is 1. The van der Waals surface area contributed by atoms with Gasteiger partial charge in [0.1, 0.15) is 18.2 Å². The summed E-state index contributed by atoms with van der Waals surface area (Å²) in [6.45, 7) is 5.75. The van der Waals surface area contributed by atoms with Gasteiger partial charge in [0.05, 0.1) is 5.56 Å². The summed E-state index contributed by atoms with van der Waals surface area (Å²) in [5.41, 5.74) is 5.49. The Labute approximate surface area is 212 Å². The van der Waals surface area contributed by atoms with E-state index in [0.717, 1.165) is 31.7 Å². The highest BCUT2D eigenvalue weighted by Crippen LogP contribution is 2.39. The van der Waals surface area contributed by atoms with Crippen molar-refractivity contribution in [3.05, 3.63) is 42.1 Å². The number of pyridine rings is 1. The molecule has 0 radical (unpaired) electrons. The number of amides is 1. The van der Waals surface area contributed by atoms with Crippen molar-refractivity contribution < 1.29 is 22.7 Å². The zero-order valence-corrected chi connectivity index (χ0v) is 21.5. The predicted octanol–water partition coefficient (Wildman–Crippen LogP) is 7.21. The number of benzene rings is 1. The largest absolute Gasteiger partial charge is 0.491 e. The van der Waals surface area contributed by atoms with Crippen LogP contribution in [0.4, 0.5) is 19.0 Å². The lowest BCUT2D eigenvalue weighted by Crippen LogP contribution is -2.43. The van der Waals surface area contributed by atoms with Crippen LogP contribution < -0.4 is 15.8 Å². The number of anilines is 1. The van der Waals surface area contributed by atoms with E-state index < -0.39 is 17.3 Å². The minimum absolute atomic E-state index is 0.0277. The number of aromatic nitrogens is 1. The third-order valence-corrected chi connectivity index (χ3v) is 6.53. The number of carbonyl (C=O) groups excluding carboxylic acids is 1. The van der Waals surface area contributed by atoms with E-state index in [4.69, 9.17) is 10.5 Å². The highest BCUT2D eigenvalue weighted by atomic mass is 19.4. The van der Waals surface area contributed by atoms with E-state index in [0.29, 0.717) is 41.6 Å². The number of alkyl halides is 3. The molecule has 1 aromatic heterocycles. The standard InChI is InChI=1S/C28H38F3N3O2/c1-19(2)17-27(3,32)18-36-24-11-10-21(15-23(24)28(29,30)31)22-12-13-33-25(16-22)34-26(35)14-20-8-6-4-5-7-9-20/h10-13,15-16,19-20H,4-9,14,17-18,32H2,1-3H3,(H,33,34,35). The number of hydrogen-bond donors (Lipinski definition) is 2. The molecule has 1 aromatic carbocycles. The van der Waals surface area contributed by atoms with Crippen LogP contribution in [0, 0.1) is 11.8 Å². The van der Waals surface area contributed by atoms with E-state index in [9.17, 15) is 18.0 Å². The molecule has 1 amide bonds. The number of nitrogens with zero attached hydrogens (tertiary/aromatic N) is 1. The molecular weight excluding hydrogens is 467 g/mol. The van der Waals surface area contributed by atoms with Gasteiger partial charge in [0.15, 0.2) is 0 Å². The lowest BCUT2D eigenvalue weighted by atomic mass is 9.93. The summed E-state index contributed by atoms with van der Waals surface area (Å²) in [6.07, 6.45) is 4.78. The topological polar surface area (TPSA) is 77.2 Å². The van der Waals surface area contributed by atoms with Crippen LogP contribution in [-0.2, 0) is 11.0 Å². The maximum atomic E-state index is 13.9. The van der Waals surface area contributed by atoms with Gasteiger partial charge in [-0.05, 0) is 73.4 Å². The fourth-order valence-corrected chi connectivity index (χ4v) is 4.99. The fourth-order valence-electron chi connectivity index (χ4n) is 4.99. The molecule has 3 rings (SSSR count). The van der Waals surface area contributed by atoms with Crippen LogP contribution in [0.25, 0.3) is 11.1 Å². The van der Waals surface area contributed by atoms with Gasteiger partial charge in [0.25, 0.3) is 0 Å². The van der Waals surface area contributed by atoms with Gasteiger partial charge in [0, 0.05) is 18.2 Å². The number of halogens is 3. The molecule has 5 nitrogen and oxygen atoms in total. The monoisotopic (exact) mass is 505 g/mol. The third-order valence-electron chi connectivity index (χ3n) is 6.53. The van der Waals surface area contributed by atoms with Crippen molar-refractivity contribution in [1.29, 1.82) is 0 Å². The maximum absolute atomic E-state index is 13.9. The second-order valence-electron chi connectivity index (χ2n) is 10.8. The Kier molecular flexibility index (Phi) is 9.39. The van der Waals surface area contributed by atoms with Crippen LogP contribution in [-0.4, -0.2) is 23.0 Å². The highest BCUT2D eigenvalue weighted by molar-refractivity contribution is 5.90. The Bertz CT molecular complexity index is 1010. The summed E-state index contributed by atoms with van der Waals surface area (Å²) in [5.74, 6) is 0.623. The second kappa shape index (κ2) is 12.1. The minimum Gasteiger partial charge on any atom is -0.491 e. The molecule has 2 aromatic rings. The molecule has 198 valence electrons. The molecule has 0 spiro atoms. The molecule has 8 heteroatoms. The van der Waals surface area contributed by atoms with Crippen molar-refractivity contribution in [2.45, 2.75) is 83.9 Å². The number of hydrogen-bond acceptors (Lipinski definition) is 4. The van der Waals surface area contributed by atoms with E-state index in [1.807, 2.05) is 13.8 Å². The smallest absolute Gasteiger partial charge is 0.419 e. The number of nitrogens with two attached hydrogens (primary N) is 1. The molecule has 0 bridgehead atoms. The Morgan fingerprint density at radius 2 is 1.78 bits per heavy atom. The molecular formula is C28H38F3N3O2. The molecule has 1 aliphatic rings. The van der Waals surface area contributed by atoms with Crippen molar-refractivity contribution in [3.63, 3.8) is 0 Å². The van der Waals surface area contributed by atoms with Crippen LogP contribution in [0.2, 0.25) is 0 Å². The van der Waals surface area contributed by atoms with Crippen LogP contribution >= 0.6 is 0 Å². The van der Waals surface area contributed by atoms with Crippen LogP contribution in [0.3, 0.4) is 0 Å². The first-order valence-electron chi connectivity index (χ1n) is 12.8. The fraction of sp³-hybridized carbons (Fsp3) is 0.571. The quantitative estimate of drug-likeness (QED) is 0.353. The summed E-state index contributed by atoms with van der Waals surface area (Å²) in [5, 5.41) is 2.82. The van der Waals surface area contributed by atoms with Crippen LogP contribution in [0.5, 0.6) is 5.75 Å². The molecule has 1 fully saturated rings. The first-order chi connectivity index (χ1) is 16.9. The lowest BCUT2D eigenvalue weighted by Gasteiger charge is -2.27. The Hall–Kier alpha value is -2.61. The molecule has 1 aliphatic carbocycles. The summed E-state index contributed by atoms with van der Waals surface area (Å²) in [6, 6.07) is 7.19. The number of carbonyl (C=O) groups is 1. The highest BCUT2D eigenvalue weighted by Gasteiger charge is 2.35. The normalized spacial score (nSPS) is 16.9. The van der Waals surface area contributed by atoms with E-state index in [1.54, 1.807) is 25.1 Å². The SMILES string of the molecule is CC(C)CC(C)(N)COc1ccc(-c2ccnc(NC(=O)CC3CCCCCC3)c2)cc1C(F)(F)F. The molecule has 1 atom stereocenters. The van der Waals surface area contributed by atoms with Gasteiger partial charge in [0.2, 0.25) is 5.91 Å². The maximum Gasteiger partial charge on any atom is 0.419 e. The van der Waals surface area contributed by atoms with Gasteiger partial charge in [-0.15, -0.1) is 0 Å². The van der Waals surface area contributed by atoms with Gasteiger partial charge >= 0.3 is 6.18 Å². The number of rotatable bonds is 9. The molecule has 1 heterocycles. The minimum atomic E-state index is -4.60. The van der Waals surface area contributed by atoms with Crippen molar-refractivity contribution in [3.8, 4) is 16.9 Å². The number of ether oxygens (including phenoxy) is 1. The lowest BCUT2D eigenvalue weighted by molar-refractivity contribution is -0.139. The van der Waals surface area contributed by atoms with Crippen molar-refractivity contribution >= 4 is 11.7 Å². The Morgan fingerprint density at radius 3 is 2.42 bits per heavy atom. The van der Waals surface area contributed by atoms with Gasteiger partial charge in [-0.3, -0.25) is 4.79 Å². The van der Waals surface area contributed by atoms with Crippen molar-refractivity contribution in [1.82, 2.24) is 4.98 Å². The average molecular weight is 506 g/mol. The van der Waals surface area contributed by atoms with Gasteiger partial charge < -0.3 is 15.8 Å². The van der Waals surface area contributed by atoms with Crippen molar-refractivity contribution in [2.75, 3.05) is 11.9 Å². The zero-order chi connectivity index (χ0) is 26.3. The van der Waals surface area contributed by atoms with Gasteiger partial charge in [-0.2, -0.15) is 13.2 Å². The molecule has 0 aliphatic heterocycles. The average Bonchev–Trinajstić information content (AvgIpc) is 3.05. The zero-order valence-electron chi connectivity index (χ0n) is 21.5. The summed E-state index contributed by atoms with van der Waals surface area (Å²) in [7, 11) is 0. The predicted molar refractivity (Wildman–Crippen MR) is 137 cm³/mol. The van der Waals surface area contributed by atoms with Crippen molar-refractivity contribution in [2.24, 2.45) is 17.6 Å². The van der Waals surface area contributed by atoms with E-state index >= 15 is 0 Å². The van der Waals surface area contributed by atoms with Gasteiger partial charge in [-0.25, -0.2) is 4.98 Å². The second-order valence-corrected chi connectivity index (χ2v) is 10.8. The summed E-state index contributed by atoms with van der Waals surface area (Å²) in [4.78, 5) is 16.8. The Balaban J connectivity index is 1.75. The molecule has 36 heavy (non-hydrogen) atoms. The van der Waals surface area contributed by atoms with Crippen LogP contribution in [0.15, 0.2) is 36.5 Å². The van der Waals surface area contributed by atoms with E-state index in [1.165, 1.54) is 25.1 Å². The summed E-state index contributed by atoms with van der Waals surface area (Å²) < 4.78 is 47.3. The first-order valence-corrected chi connectivity index (χ1v) is 12.8. The first kappa shape index (κ1) is 28.0. The van der Waals surface area contributed by atoms with E-state index in [2.05, 4.69) is 10.3 Å². The van der Waals surface area contributed by atoms with E-state index in [-0.39, 0.29) is 18.3 Å². The molecule has 1 saturated carbocycles. The molecule has 1 unspecified atom stereocenters. The molecule has 3 N–H and O–H groups in total. The Morgan fingerprint density at radius 1 is 1.11 bits per heavy atom. The molecule has 0 saturated heterocycles. The third kappa shape index (κ3) is 8.50. The summed E-state index contributed by atoms with van der Waals surface area (Å²) >= 11 is 0. The van der Waals surface area contributed by atoms with Crippen LogP contribution in [0.1, 0.15) is 77.7 Å².